The van der Waals surface area contributed by atoms with Gasteiger partial charge < -0.3 is 20.2 Å². The Bertz CT molecular complexity index is 1350. The molecule has 4 aliphatic rings. The van der Waals surface area contributed by atoms with Crippen LogP contribution in [0.2, 0.25) is 0 Å². The number of hydrogen-bond acceptors (Lipinski definition) is 5. The number of aliphatic hydroxyl groups excluding tert-OH is 1. The Labute approximate surface area is 253 Å². The molecule has 0 radical (unpaired) electrons. The molecule has 2 fully saturated rings. The topological polar surface area (TPSA) is 96.4 Å². The molecule has 4 amide bonds. The lowest BCUT2D eigenvalue weighted by atomic mass is 10.0. The minimum atomic E-state index is -0.915. The third-order valence-electron chi connectivity index (χ3n) is 7.88. The predicted octanol–water partition coefficient (Wildman–Crippen LogP) is 4.97. The fourth-order valence-electron chi connectivity index (χ4n) is 5.77. The molecule has 1 aromatic carbocycles. The first-order valence-corrected chi connectivity index (χ1v) is 15.0. The van der Waals surface area contributed by atoms with Crippen molar-refractivity contribution >= 4 is 17.8 Å². The molecule has 0 bridgehead atoms. The van der Waals surface area contributed by atoms with E-state index in [1.54, 1.807) is 53.4 Å². The van der Waals surface area contributed by atoms with Crippen molar-refractivity contribution in [2.24, 2.45) is 0 Å². The van der Waals surface area contributed by atoms with Crippen LogP contribution in [0, 0.1) is 5.82 Å². The Balaban J connectivity index is 0.00000207. The third-order valence-corrected chi connectivity index (χ3v) is 7.88. The molecule has 230 valence electrons. The van der Waals surface area contributed by atoms with Gasteiger partial charge in [0.25, 0.3) is 0 Å². The summed E-state index contributed by atoms with van der Waals surface area (Å²) in [5, 5.41) is 16.1. The van der Waals surface area contributed by atoms with E-state index in [0.29, 0.717) is 24.9 Å². The highest BCUT2D eigenvalue weighted by Crippen LogP contribution is 2.30. The molecule has 1 aromatic rings. The smallest absolute Gasteiger partial charge is 0.334 e. The molecule has 43 heavy (non-hydrogen) atoms. The van der Waals surface area contributed by atoms with Crippen molar-refractivity contribution in [3.05, 3.63) is 95.1 Å². The number of urea groups is 1. The average molecular weight is 592 g/mol. The number of rotatable bonds is 6. The second-order valence-electron chi connectivity index (χ2n) is 10.8. The van der Waals surface area contributed by atoms with E-state index in [0.717, 1.165) is 24.0 Å². The molecular formula is C33H42FN5O4. The van der Waals surface area contributed by atoms with Crippen LogP contribution in [0.1, 0.15) is 51.5 Å². The third kappa shape index (κ3) is 7.62. The minimum Gasteiger partial charge on any atom is -0.512 e. The van der Waals surface area contributed by atoms with Crippen LogP contribution in [0.15, 0.2) is 83.7 Å². The van der Waals surface area contributed by atoms with Crippen molar-refractivity contribution in [2.75, 3.05) is 26.7 Å². The van der Waals surface area contributed by atoms with Crippen LogP contribution in [0.5, 0.6) is 0 Å². The summed E-state index contributed by atoms with van der Waals surface area (Å²) in [6.07, 6.45) is 15.0. The van der Waals surface area contributed by atoms with E-state index in [1.807, 2.05) is 32.1 Å². The molecule has 0 aromatic heterocycles. The number of nitrogens with zero attached hydrogens (tertiary/aromatic N) is 4. The molecule has 0 saturated carbocycles. The van der Waals surface area contributed by atoms with Gasteiger partial charge in [0, 0.05) is 51.5 Å². The number of benzene rings is 1. The van der Waals surface area contributed by atoms with Crippen LogP contribution >= 0.6 is 0 Å². The molecule has 9 nitrogen and oxygen atoms in total. The van der Waals surface area contributed by atoms with Crippen molar-refractivity contribution in [2.45, 2.75) is 64.7 Å². The van der Waals surface area contributed by atoms with Crippen molar-refractivity contribution in [3.63, 3.8) is 0 Å². The van der Waals surface area contributed by atoms with Gasteiger partial charge in [0.05, 0.1) is 12.3 Å². The Morgan fingerprint density at radius 2 is 1.91 bits per heavy atom. The quantitative estimate of drug-likeness (QED) is 0.487. The van der Waals surface area contributed by atoms with E-state index in [-0.39, 0.29) is 49.7 Å². The van der Waals surface area contributed by atoms with E-state index in [4.69, 9.17) is 0 Å². The van der Waals surface area contributed by atoms with Gasteiger partial charge >= 0.3 is 6.03 Å². The van der Waals surface area contributed by atoms with Gasteiger partial charge in [-0.2, -0.15) is 0 Å². The first-order valence-electron chi connectivity index (χ1n) is 15.0. The fourth-order valence-corrected chi connectivity index (χ4v) is 5.77. The maximum absolute atomic E-state index is 14.6. The highest BCUT2D eigenvalue weighted by molar-refractivity contribution is 5.90. The fraction of sp³-hybridized carbons (Fsp3) is 0.424. The summed E-state index contributed by atoms with van der Waals surface area (Å²) in [6, 6.07) is 5.07. The molecule has 2 aliphatic carbocycles. The molecular weight excluding hydrogens is 549 g/mol. The van der Waals surface area contributed by atoms with Crippen molar-refractivity contribution in [1.82, 2.24) is 25.1 Å². The van der Waals surface area contributed by atoms with Gasteiger partial charge in [0.15, 0.2) is 0 Å². The number of carbonyl (C=O) groups excluding carboxylic acids is 3. The number of likely N-dealkylation sites (N-methyl/N-ethyl adjacent to an activating group) is 1. The summed E-state index contributed by atoms with van der Waals surface area (Å²) < 4.78 is 14.6. The summed E-state index contributed by atoms with van der Waals surface area (Å²) in [4.78, 5) is 44.4. The van der Waals surface area contributed by atoms with Crippen LogP contribution in [0.3, 0.4) is 0 Å². The lowest BCUT2D eigenvalue weighted by Gasteiger charge is -2.49. The summed E-state index contributed by atoms with van der Waals surface area (Å²) in [5.41, 5.74) is 2.26. The number of amides is 4. The van der Waals surface area contributed by atoms with Gasteiger partial charge in [-0.1, -0.05) is 74.1 Å². The molecule has 1 unspecified atom stereocenters. The van der Waals surface area contributed by atoms with Crippen molar-refractivity contribution in [1.29, 1.82) is 0 Å². The molecule has 2 aliphatic heterocycles. The Hall–Kier alpha value is -4.18. The highest BCUT2D eigenvalue weighted by atomic mass is 19.1. The van der Waals surface area contributed by atoms with E-state index < -0.39 is 18.0 Å². The first-order chi connectivity index (χ1) is 20.8. The SMILES string of the molecule is CC.CN1CC(=O)N2C(CCN(Cc3ccccc3F)C(=O)[C@@H]2CC2=CC=C(O)CC=C2)N1C(=O)NCC1=CC=CCC1. The predicted molar refractivity (Wildman–Crippen MR) is 164 cm³/mol. The standard InChI is InChI=1S/C31H36FN5O4.C2H6/c1-34-21-29(39)36-27(18-22-10-7-12-25(38)15-14-22)30(40)35(20-24-11-5-6-13-26(24)32)17-16-28(36)37(34)31(41)33-19-23-8-3-2-4-9-23;1-2/h2-3,5-8,10-11,13-15,27-28,38H,4,9,12,16-21H2,1H3,(H,33,41);1-2H3/t27-,28?;/m0./s1. The van der Waals surface area contributed by atoms with Gasteiger partial charge in [0.1, 0.15) is 18.0 Å². The summed E-state index contributed by atoms with van der Waals surface area (Å²) >= 11 is 0. The van der Waals surface area contributed by atoms with Crippen LogP contribution in [-0.2, 0) is 16.1 Å². The summed E-state index contributed by atoms with van der Waals surface area (Å²) in [6.45, 7) is 4.61. The zero-order valence-corrected chi connectivity index (χ0v) is 25.2. The van der Waals surface area contributed by atoms with Gasteiger partial charge in [-0.25, -0.2) is 19.2 Å². The van der Waals surface area contributed by atoms with Gasteiger partial charge in [-0.15, -0.1) is 0 Å². The van der Waals surface area contributed by atoms with Gasteiger partial charge in [-0.05, 0) is 30.6 Å². The maximum Gasteiger partial charge on any atom is 0.334 e. The molecule has 2 N–H and O–H groups in total. The van der Waals surface area contributed by atoms with Gasteiger partial charge in [-0.3, -0.25) is 9.59 Å². The van der Waals surface area contributed by atoms with Crippen molar-refractivity contribution in [3.8, 4) is 0 Å². The van der Waals surface area contributed by atoms with Crippen LogP contribution in [0.4, 0.5) is 9.18 Å². The molecule has 2 saturated heterocycles. The minimum absolute atomic E-state index is 0.0516. The Morgan fingerprint density at radius 1 is 1.12 bits per heavy atom. The van der Waals surface area contributed by atoms with E-state index in [2.05, 4.69) is 11.4 Å². The number of fused-ring (bicyclic) bond motifs is 1. The number of carbonyl (C=O) groups is 3. The number of nitrogens with one attached hydrogen (secondary N) is 1. The number of hydrazine groups is 1. The second kappa shape index (κ2) is 14.8. The molecule has 2 atom stereocenters. The number of allylic oxidation sites excluding steroid dienone is 7. The number of halogens is 1. The van der Waals surface area contributed by atoms with E-state index >= 15 is 0 Å². The first kappa shape index (κ1) is 31.7. The average Bonchev–Trinajstić information content (AvgIpc) is 3.29. The molecule has 5 rings (SSSR count). The van der Waals surface area contributed by atoms with Crippen molar-refractivity contribution < 1.29 is 23.9 Å². The normalized spacial score (nSPS) is 22.4. The monoisotopic (exact) mass is 591 g/mol. The molecule has 0 spiro atoms. The maximum atomic E-state index is 14.6. The highest BCUT2D eigenvalue weighted by Gasteiger charge is 2.48. The van der Waals surface area contributed by atoms with E-state index in [9.17, 15) is 23.9 Å². The Kier molecular flexibility index (Phi) is 10.9. The lowest BCUT2D eigenvalue weighted by molar-refractivity contribution is -0.170. The van der Waals surface area contributed by atoms with Crippen LogP contribution in [0.25, 0.3) is 0 Å². The molecule has 10 heteroatoms. The summed E-state index contributed by atoms with van der Waals surface area (Å²) in [7, 11) is 1.69. The van der Waals surface area contributed by atoms with Crippen LogP contribution < -0.4 is 5.32 Å². The zero-order chi connectivity index (χ0) is 30.9. The second-order valence-corrected chi connectivity index (χ2v) is 10.8. The zero-order valence-electron chi connectivity index (χ0n) is 25.2. The number of aliphatic hydroxyl groups is 1. The van der Waals surface area contributed by atoms with E-state index in [1.165, 1.54) is 16.0 Å². The largest absolute Gasteiger partial charge is 0.512 e. The lowest BCUT2D eigenvalue weighted by Crippen LogP contribution is -2.69. The number of hydrogen-bond donors (Lipinski definition) is 2. The Morgan fingerprint density at radius 3 is 2.65 bits per heavy atom. The van der Waals surface area contributed by atoms with Gasteiger partial charge in [0.2, 0.25) is 11.8 Å². The summed E-state index contributed by atoms with van der Waals surface area (Å²) in [5.74, 6) is -0.772. The molecule has 2 heterocycles. The van der Waals surface area contributed by atoms with Crippen LogP contribution in [-0.4, -0.2) is 81.7 Å².